The Morgan fingerprint density at radius 1 is 0.846 bits per heavy atom. The largest absolute Gasteiger partial charge is 0.460 e. The standard InChI is InChI=1S/C52H81NO12/c1-31-17-13-12-14-18-32(2)44(62-10)29-40-23-21-38(8)52(60,65-40)49(57)50(58)53-24-16-15-19-41(53)51(59)64-45(35(5)27-39-22-20-33(3)43(28-39)61-9)30-42(54)34(4)26-37(7)47(56)48(63-11)46(55)36(6)25-31/h12-14,17-18,26,31,33-36,38-41,43-45,47-48,56,60H,15-16,19-25,27-30H2,1-11H3/b14-12+,17-13+,32-18+,37-26+/t31?,33-,34+,35+,36-,38+,39-,40-,41-,43+,44-,45-,47+,48-,52+/m0/s1. The summed E-state index contributed by atoms with van der Waals surface area (Å²) < 4.78 is 29.7. The summed E-state index contributed by atoms with van der Waals surface area (Å²) >= 11 is 0. The van der Waals surface area contributed by atoms with E-state index in [2.05, 4.69) is 6.92 Å². The van der Waals surface area contributed by atoms with Crippen molar-refractivity contribution in [3.8, 4) is 0 Å². The quantitative estimate of drug-likeness (QED) is 0.153. The first-order valence-corrected chi connectivity index (χ1v) is 24.2. The van der Waals surface area contributed by atoms with E-state index in [4.69, 9.17) is 23.7 Å². The molecule has 1 saturated carbocycles. The number of aliphatic hydroxyl groups excluding tert-OH is 1. The van der Waals surface area contributed by atoms with Crippen LogP contribution in [0.5, 0.6) is 0 Å². The molecule has 13 heteroatoms. The summed E-state index contributed by atoms with van der Waals surface area (Å²) in [5.74, 6) is -7.07. The van der Waals surface area contributed by atoms with Crippen LogP contribution in [0.25, 0.3) is 0 Å². The zero-order valence-electron chi connectivity index (χ0n) is 41.2. The fraction of sp³-hybridized carbons (Fsp3) is 0.750. The summed E-state index contributed by atoms with van der Waals surface area (Å²) in [7, 11) is 4.70. The van der Waals surface area contributed by atoms with Gasteiger partial charge in [0.25, 0.3) is 11.7 Å². The van der Waals surface area contributed by atoms with Crippen molar-refractivity contribution in [1.29, 1.82) is 0 Å². The number of cyclic esters (lactones) is 1. The van der Waals surface area contributed by atoms with E-state index in [-0.39, 0.29) is 54.8 Å². The summed E-state index contributed by atoms with van der Waals surface area (Å²) in [6, 6.07) is -1.11. The molecule has 3 fully saturated rings. The first-order valence-electron chi connectivity index (χ1n) is 24.2. The number of allylic oxidation sites excluding steroid dienone is 6. The van der Waals surface area contributed by atoms with E-state index in [0.29, 0.717) is 56.4 Å². The molecule has 2 bridgehead atoms. The Balaban J connectivity index is 1.70. The van der Waals surface area contributed by atoms with E-state index in [0.717, 1.165) is 24.8 Å². The number of aliphatic hydroxyl groups is 2. The second kappa shape index (κ2) is 25.2. The summed E-state index contributed by atoms with van der Waals surface area (Å²) in [4.78, 5) is 71.9. The predicted molar refractivity (Wildman–Crippen MR) is 248 cm³/mol. The van der Waals surface area contributed by atoms with Crippen molar-refractivity contribution in [2.24, 2.45) is 41.4 Å². The van der Waals surface area contributed by atoms with Gasteiger partial charge in [-0.1, -0.05) is 78.0 Å². The normalized spacial score (nSPS) is 40.4. The number of ketones is 3. The third-order valence-corrected chi connectivity index (χ3v) is 14.8. The number of rotatable bonds is 6. The second-order valence-corrected chi connectivity index (χ2v) is 20.0. The number of esters is 1. The van der Waals surface area contributed by atoms with Gasteiger partial charge in [-0.3, -0.25) is 19.2 Å². The molecule has 4 rings (SSSR count). The number of carbonyl (C=O) groups is 5. The molecule has 2 N–H and O–H groups in total. The van der Waals surface area contributed by atoms with Crippen molar-refractivity contribution < 1.29 is 57.9 Å². The van der Waals surface area contributed by atoms with Gasteiger partial charge in [-0.25, -0.2) is 4.79 Å². The maximum atomic E-state index is 14.4. The second-order valence-electron chi connectivity index (χ2n) is 20.0. The number of piperidine rings is 1. The highest BCUT2D eigenvalue weighted by atomic mass is 16.6. The minimum Gasteiger partial charge on any atom is -0.460 e. The monoisotopic (exact) mass is 912 g/mol. The summed E-state index contributed by atoms with van der Waals surface area (Å²) in [5.41, 5.74) is 1.30. The zero-order valence-corrected chi connectivity index (χ0v) is 41.2. The van der Waals surface area contributed by atoms with Gasteiger partial charge in [0.1, 0.15) is 30.1 Å². The molecule has 4 aliphatic rings. The fourth-order valence-electron chi connectivity index (χ4n) is 10.4. The lowest BCUT2D eigenvalue weighted by Crippen LogP contribution is -2.61. The summed E-state index contributed by atoms with van der Waals surface area (Å²) in [6.07, 6.45) is 13.6. The number of methoxy groups -OCH3 is 3. The van der Waals surface area contributed by atoms with Crippen LogP contribution in [-0.2, 0) is 47.7 Å². The Morgan fingerprint density at radius 2 is 1.57 bits per heavy atom. The van der Waals surface area contributed by atoms with Crippen LogP contribution in [0.15, 0.2) is 47.6 Å². The van der Waals surface area contributed by atoms with Gasteiger partial charge < -0.3 is 38.8 Å². The average molecular weight is 912 g/mol. The van der Waals surface area contributed by atoms with Crippen molar-refractivity contribution in [2.45, 2.75) is 181 Å². The van der Waals surface area contributed by atoms with Gasteiger partial charge in [0.2, 0.25) is 5.79 Å². The molecule has 2 saturated heterocycles. The Labute approximate surface area is 388 Å². The molecule has 0 spiro atoms. The first-order chi connectivity index (χ1) is 30.7. The van der Waals surface area contributed by atoms with E-state index in [1.54, 1.807) is 41.1 Å². The van der Waals surface area contributed by atoms with E-state index < -0.39 is 77.8 Å². The van der Waals surface area contributed by atoms with Crippen molar-refractivity contribution in [1.82, 2.24) is 4.90 Å². The van der Waals surface area contributed by atoms with Crippen LogP contribution in [0, 0.1) is 41.4 Å². The minimum atomic E-state index is -2.41. The fourth-order valence-corrected chi connectivity index (χ4v) is 10.4. The Bertz CT molecular complexity index is 1750. The van der Waals surface area contributed by atoms with Gasteiger partial charge in [-0.2, -0.15) is 0 Å². The average Bonchev–Trinajstić information content (AvgIpc) is 3.28. The molecular formula is C52H81NO12. The van der Waals surface area contributed by atoms with Gasteiger partial charge in [-0.05, 0) is 113 Å². The number of carbonyl (C=O) groups excluding carboxylic acids is 5. The van der Waals surface area contributed by atoms with Crippen molar-refractivity contribution >= 4 is 29.2 Å². The predicted octanol–water partition coefficient (Wildman–Crippen LogP) is 7.46. The van der Waals surface area contributed by atoms with Crippen molar-refractivity contribution in [2.75, 3.05) is 27.9 Å². The highest BCUT2D eigenvalue weighted by molar-refractivity contribution is 6.39. The molecule has 0 aromatic rings. The molecule has 15 atom stereocenters. The van der Waals surface area contributed by atoms with Gasteiger partial charge >= 0.3 is 5.97 Å². The van der Waals surface area contributed by atoms with E-state index in [1.165, 1.54) is 12.0 Å². The lowest BCUT2D eigenvalue weighted by molar-refractivity contribution is -0.265. The number of ether oxygens (including phenoxy) is 5. The Kier molecular flexibility index (Phi) is 21.0. The molecular weight excluding hydrogens is 831 g/mol. The molecule has 0 radical (unpaired) electrons. The van der Waals surface area contributed by atoms with E-state index in [9.17, 15) is 34.2 Å². The van der Waals surface area contributed by atoms with E-state index >= 15 is 0 Å². The highest BCUT2D eigenvalue weighted by Crippen LogP contribution is 2.38. The van der Waals surface area contributed by atoms with Crippen LogP contribution in [0.3, 0.4) is 0 Å². The lowest BCUT2D eigenvalue weighted by atomic mass is 9.76. The smallest absolute Gasteiger partial charge is 0.329 e. The highest BCUT2D eigenvalue weighted by Gasteiger charge is 2.53. The summed E-state index contributed by atoms with van der Waals surface area (Å²) in [5, 5.41) is 23.4. The van der Waals surface area contributed by atoms with Crippen LogP contribution in [0.4, 0.5) is 0 Å². The van der Waals surface area contributed by atoms with Crippen LogP contribution in [-0.4, -0.2) is 121 Å². The van der Waals surface area contributed by atoms with Crippen molar-refractivity contribution in [3.63, 3.8) is 0 Å². The van der Waals surface area contributed by atoms with Crippen LogP contribution >= 0.6 is 0 Å². The number of nitrogens with zero attached hydrogens (tertiary/aromatic N) is 1. The molecule has 1 unspecified atom stereocenters. The summed E-state index contributed by atoms with van der Waals surface area (Å²) in [6.45, 7) is 15.1. The van der Waals surface area contributed by atoms with Crippen LogP contribution in [0.2, 0.25) is 0 Å². The van der Waals surface area contributed by atoms with E-state index in [1.807, 2.05) is 58.1 Å². The lowest BCUT2D eigenvalue weighted by Gasteiger charge is -2.42. The Morgan fingerprint density at radius 3 is 2.25 bits per heavy atom. The number of hydrogen-bond donors (Lipinski definition) is 2. The van der Waals surface area contributed by atoms with Gasteiger partial charge in [0.15, 0.2) is 5.78 Å². The maximum Gasteiger partial charge on any atom is 0.329 e. The number of Topliss-reactive ketones (excluding diaryl/α,β-unsaturated/α-hetero) is 3. The molecule has 13 nitrogen and oxygen atoms in total. The molecule has 3 heterocycles. The molecule has 0 aromatic carbocycles. The topological polar surface area (TPSA) is 175 Å². The molecule has 65 heavy (non-hydrogen) atoms. The third kappa shape index (κ3) is 14.3. The molecule has 1 amide bonds. The number of hydrogen-bond acceptors (Lipinski definition) is 12. The number of fused-ring (bicyclic) bond motifs is 3. The molecule has 366 valence electrons. The third-order valence-electron chi connectivity index (χ3n) is 14.8. The first kappa shape index (κ1) is 54.3. The SMILES string of the molecule is CO[C@H]1C[C@@H]2CC[C@@H](C)[C@@](O)(O2)C(=O)C(=O)N2CCCC[C@H]2C(=O)O[C@H]([C@H](C)C[C@@H]2CC[C@H](C)[C@H](OC)C2)CC(=O)[C@H](C)/C=C(\C)[C@@H](O)[C@@H](OC)C(=O)[C@@H](C)CC(C)/C=C/C=C/C=C/1C. The van der Waals surface area contributed by atoms with Crippen LogP contribution < -0.4 is 0 Å². The van der Waals surface area contributed by atoms with Gasteiger partial charge in [0, 0.05) is 58.5 Å². The zero-order chi connectivity index (χ0) is 48.2. The van der Waals surface area contributed by atoms with Crippen LogP contribution in [0.1, 0.15) is 132 Å². The van der Waals surface area contributed by atoms with Crippen molar-refractivity contribution in [3.05, 3.63) is 47.6 Å². The Hall–Kier alpha value is -3.33. The molecule has 3 aliphatic heterocycles. The van der Waals surface area contributed by atoms with Gasteiger partial charge in [0.05, 0.1) is 18.3 Å². The minimum absolute atomic E-state index is 0.0304. The maximum absolute atomic E-state index is 14.4. The molecule has 1 aliphatic carbocycles. The number of amides is 1. The van der Waals surface area contributed by atoms with Gasteiger partial charge in [-0.15, -0.1) is 0 Å². The molecule has 0 aromatic heterocycles.